The molecule has 1 N–H and O–H groups in total. The zero-order valence-electron chi connectivity index (χ0n) is 10.6. The number of hydrogen-bond donors (Lipinski definition) is 1. The van der Waals surface area contributed by atoms with Gasteiger partial charge in [0.25, 0.3) is 0 Å². The van der Waals surface area contributed by atoms with E-state index in [-0.39, 0.29) is 65.4 Å². The van der Waals surface area contributed by atoms with Crippen molar-refractivity contribution in [1.82, 2.24) is 0 Å². The maximum atomic E-state index is 10.4. The Kier molecular flexibility index (Phi) is 10.1. The Labute approximate surface area is 168 Å². The number of imide groups is 1. The molecule has 6 heteroatoms. The Hall–Kier alpha value is -0.412. The first-order chi connectivity index (χ1) is 8.83. The Bertz CT molecular complexity index is 525. The van der Waals surface area contributed by atoms with Gasteiger partial charge in [-0.1, -0.05) is 30.3 Å². The van der Waals surface area contributed by atoms with Gasteiger partial charge < -0.3 is 19.8 Å². The van der Waals surface area contributed by atoms with Crippen LogP contribution < -0.4 is 10.2 Å². The summed E-state index contributed by atoms with van der Waals surface area (Å²) in [6, 6.07) is 16.5. The average molecular weight is 416 g/mol. The largest absolute Gasteiger partial charge is 0.595 e. The van der Waals surface area contributed by atoms with E-state index in [9.17, 15) is 9.59 Å². The number of para-hydroxylation sites is 1. The minimum absolute atomic E-state index is 0. The maximum Gasteiger partial charge on any atom is 0.0384 e. The van der Waals surface area contributed by atoms with E-state index in [1.165, 1.54) is 12.8 Å². The minimum Gasteiger partial charge on any atom is -0.595 e. The van der Waals surface area contributed by atoms with Crippen LogP contribution in [-0.2, 0) is 75.0 Å². The predicted octanol–water partition coefficient (Wildman–Crippen LogP) is 2.37. The van der Waals surface area contributed by atoms with E-state index in [1.807, 2.05) is 30.3 Å². The molecule has 0 spiro atoms. The van der Waals surface area contributed by atoms with Crippen LogP contribution in [-0.4, -0.2) is 12.8 Å². The summed E-state index contributed by atoms with van der Waals surface area (Å²) >= 11 is 0. The van der Waals surface area contributed by atoms with Gasteiger partial charge in [-0.3, -0.25) is 0 Å². The third kappa shape index (κ3) is 5.53. The van der Waals surface area contributed by atoms with Crippen molar-refractivity contribution >= 4 is 29.9 Å². The number of nitrogens with one attached hydrogen (secondary N) is 1. The summed E-state index contributed by atoms with van der Waals surface area (Å²) in [5.74, 6) is 0. The molecule has 2 aromatic rings. The molecule has 0 aliphatic carbocycles. The van der Waals surface area contributed by atoms with Crippen molar-refractivity contribution < 1.29 is 75.0 Å². The van der Waals surface area contributed by atoms with Crippen LogP contribution in [0.1, 0.15) is 0 Å². The molecular formula is C14H10N2O2Y2-2. The molecule has 0 saturated carbocycles. The van der Waals surface area contributed by atoms with Gasteiger partial charge in [0.15, 0.2) is 0 Å². The molecule has 2 radical (unpaired) electrons. The number of amides is 2. The fourth-order valence-corrected chi connectivity index (χ4v) is 1.51. The fraction of sp³-hybridized carbons (Fsp3) is 0. The Morgan fingerprint density at radius 2 is 1.25 bits per heavy atom. The Morgan fingerprint density at radius 3 is 1.75 bits per heavy atom. The van der Waals surface area contributed by atoms with Crippen LogP contribution in [0.3, 0.4) is 0 Å². The quantitative estimate of drug-likeness (QED) is 0.602. The molecule has 0 fully saturated rings. The van der Waals surface area contributed by atoms with Gasteiger partial charge >= 0.3 is 0 Å². The summed E-state index contributed by atoms with van der Waals surface area (Å²) in [4.78, 5) is 21.6. The maximum absolute atomic E-state index is 10.4. The standard InChI is InChI=1S/C14H10N2O2.2Y/c17-10-16(11-18)14-8-6-13(7-9-14)15-12-4-2-1-3-5-12;;/h1-9,15H;;/q-2;;. The molecular weight excluding hydrogens is 406 g/mol. The monoisotopic (exact) mass is 416 g/mol. The summed E-state index contributed by atoms with van der Waals surface area (Å²) < 4.78 is 0. The number of hydrogen-bond acceptors (Lipinski definition) is 3. The number of rotatable bonds is 5. The normalized spacial score (nSPS) is 8.60. The van der Waals surface area contributed by atoms with Gasteiger partial charge in [-0.05, 0) is 25.0 Å². The molecule has 0 saturated heterocycles. The van der Waals surface area contributed by atoms with E-state index in [2.05, 4.69) is 5.32 Å². The first-order valence-corrected chi connectivity index (χ1v) is 5.31. The molecule has 0 atom stereocenters. The minimum atomic E-state index is 0. The molecule has 0 unspecified atom stereocenters. The summed E-state index contributed by atoms with van der Waals surface area (Å²) in [5, 5.41) is 3.19. The number of anilines is 3. The molecule has 96 valence electrons. The van der Waals surface area contributed by atoms with Gasteiger partial charge in [0.05, 0.1) is 0 Å². The molecule has 0 heterocycles. The smallest absolute Gasteiger partial charge is 0.0384 e. The number of benzene rings is 2. The summed E-state index contributed by atoms with van der Waals surface area (Å²) in [5.41, 5.74) is 2.26. The Morgan fingerprint density at radius 1 is 0.750 bits per heavy atom. The molecule has 2 rings (SSSR count). The van der Waals surface area contributed by atoms with Crippen LogP contribution >= 0.6 is 0 Å². The molecule has 4 nitrogen and oxygen atoms in total. The van der Waals surface area contributed by atoms with Crippen LogP contribution in [0.5, 0.6) is 0 Å². The first kappa shape index (κ1) is 19.6. The van der Waals surface area contributed by atoms with E-state index in [0.29, 0.717) is 5.69 Å². The van der Waals surface area contributed by atoms with E-state index in [0.717, 1.165) is 16.3 Å². The molecule has 2 amide bonds. The van der Waals surface area contributed by atoms with Crippen LogP contribution in [0.25, 0.3) is 0 Å². The van der Waals surface area contributed by atoms with Crippen LogP contribution in [0, 0.1) is 0 Å². The third-order valence-electron chi connectivity index (χ3n) is 2.37. The van der Waals surface area contributed by atoms with Gasteiger partial charge in [0, 0.05) is 76.8 Å². The Balaban J connectivity index is 0.00000180. The van der Waals surface area contributed by atoms with Crippen molar-refractivity contribution in [3.05, 3.63) is 54.6 Å². The van der Waals surface area contributed by atoms with Crippen molar-refractivity contribution in [2.24, 2.45) is 0 Å². The second kappa shape index (κ2) is 10.3. The van der Waals surface area contributed by atoms with Crippen molar-refractivity contribution in [2.75, 3.05) is 10.2 Å². The predicted molar refractivity (Wildman–Crippen MR) is 70.0 cm³/mol. The van der Waals surface area contributed by atoms with Crippen LogP contribution in [0.15, 0.2) is 54.6 Å². The molecule has 20 heavy (non-hydrogen) atoms. The second-order valence-corrected chi connectivity index (χ2v) is 3.56. The van der Waals surface area contributed by atoms with E-state index >= 15 is 0 Å². The van der Waals surface area contributed by atoms with Gasteiger partial charge in [0.2, 0.25) is 0 Å². The van der Waals surface area contributed by atoms with Crippen LogP contribution in [0.2, 0.25) is 0 Å². The summed E-state index contributed by atoms with van der Waals surface area (Å²) in [6.45, 7) is 0. The van der Waals surface area contributed by atoms with E-state index in [1.54, 1.807) is 24.3 Å². The summed E-state index contributed by atoms with van der Waals surface area (Å²) in [6.07, 6.45) is 2.95. The molecule has 0 aliphatic rings. The SMILES string of the molecule is O=[C-]N([C-]=O)c1ccc(Nc2ccccc2)cc1.[Y].[Y]. The van der Waals surface area contributed by atoms with Gasteiger partial charge in [0.1, 0.15) is 0 Å². The van der Waals surface area contributed by atoms with Crippen molar-refractivity contribution in [3.8, 4) is 0 Å². The van der Waals surface area contributed by atoms with Gasteiger partial charge in [-0.15, -0.1) is 12.1 Å². The number of nitrogens with zero attached hydrogens (tertiary/aromatic N) is 1. The van der Waals surface area contributed by atoms with Gasteiger partial charge in [-0.2, -0.15) is 5.69 Å². The number of carbonyl (C=O) groups excluding carboxylic acids is 2. The average Bonchev–Trinajstić information content (AvgIpc) is 2.43. The van der Waals surface area contributed by atoms with Crippen molar-refractivity contribution in [3.63, 3.8) is 0 Å². The van der Waals surface area contributed by atoms with Crippen molar-refractivity contribution in [1.29, 1.82) is 0 Å². The van der Waals surface area contributed by atoms with Gasteiger partial charge in [-0.25, -0.2) is 0 Å². The van der Waals surface area contributed by atoms with E-state index in [4.69, 9.17) is 0 Å². The summed E-state index contributed by atoms with van der Waals surface area (Å²) in [7, 11) is 0. The molecule has 0 aromatic heterocycles. The van der Waals surface area contributed by atoms with Crippen LogP contribution in [0.4, 0.5) is 17.1 Å². The topological polar surface area (TPSA) is 49.4 Å². The zero-order valence-corrected chi connectivity index (χ0v) is 16.3. The molecule has 0 bridgehead atoms. The van der Waals surface area contributed by atoms with E-state index < -0.39 is 0 Å². The third-order valence-corrected chi connectivity index (χ3v) is 2.37. The first-order valence-electron chi connectivity index (χ1n) is 5.31. The fourth-order valence-electron chi connectivity index (χ4n) is 1.51. The van der Waals surface area contributed by atoms with Crippen molar-refractivity contribution in [2.45, 2.75) is 0 Å². The molecule has 0 aliphatic heterocycles. The second-order valence-electron chi connectivity index (χ2n) is 3.56. The zero-order chi connectivity index (χ0) is 12.8. The molecule has 2 aromatic carbocycles.